The quantitative estimate of drug-likeness (QED) is 0.375. The fraction of sp³-hybridized carbons (Fsp3) is 0.538. The highest BCUT2D eigenvalue weighted by atomic mass is 32.1. The molecule has 34 heavy (non-hydrogen) atoms. The fourth-order valence-electron chi connectivity index (χ4n) is 5.35. The third-order valence-electron chi connectivity index (χ3n) is 7.31. The Morgan fingerprint density at radius 3 is 2.62 bits per heavy atom. The molecule has 0 spiro atoms. The van der Waals surface area contributed by atoms with E-state index in [0.29, 0.717) is 11.8 Å². The van der Waals surface area contributed by atoms with E-state index in [1.807, 2.05) is 15.9 Å². The SMILES string of the molecule is CCCN1CCC(c2sc(-c3[nH]nc(-c4cn5ncnc5c(C)c4C)c3C(C)C)nc2C)CC1. The summed E-state index contributed by atoms with van der Waals surface area (Å²) in [4.78, 5) is 13.5. The van der Waals surface area contributed by atoms with Crippen molar-refractivity contribution in [3.63, 3.8) is 0 Å². The first-order valence-corrected chi connectivity index (χ1v) is 13.3. The Hall–Kier alpha value is -2.58. The van der Waals surface area contributed by atoms with Crippen molar-refractivity contribution >= 4 is 17.0 Å². The third-order valence-corrected chi connectivity index (χ3v) is 8.64. The lowest BCUT2D eigenvalue weighted by molar-refractivity contribution is 0.213. The number of likely N-dealkylation sites (tertiary alicyclic amines) is 1. The van der Waals surface area contributed by atoms with Crippen LogP contribution in [-0.2, 0) is 0 Å². The van der Waals surface area contributed by atoms with Crippen molar-refractivity contribution in [1.82, 2.24) is 34.7 Å². The number of H-pyrrole nitrogens is 1. The molecule has 8 heteroatoms. The number of aryl methyl sites for hydroxylation is 2. The highest BCUT2D eigenvalue weighted by molar-refractivity contribution is 7.15. The minimum absolute atomic E-state index is 0.305. The summed E-state index contributed by atoms with van der Waals surface area (Å²) < 4.78 is 1.85. The number of nitrogens with zero attached hydrogens (tertiary/aromatic N) is 6. The number of thiazole rings is 1. The fourth-order valence-corrected chi connectivity index (χ4v) is 6.59. The summed E-state index contributed by atoms with van der Waals surface area (Å²) in [7, 11) is 0. The molecule has 1 fully saturated rings. The average molecular weight is 478 g/mol. The van der Waals surface area contributed by atoms with E-state index in [0.717, 1.165) is 33.2 Å². The van der Waals surface area contributed by atoms with Gasteiger partial charge in [-0.2, -0.15) is 10.2 Å². The van der Waals surface area contributed by atoms with Crippen LogP contribution in [0.2, 0.25) is 0 Å². The van der Waals surface area contributed by atoms with E-state index < -0.39 is 0 Å². The molecule has 0 radical (unpaired) electrons. The molecule has 0 aromatic carbocycles. The Morgan fingerprint density at radius 1 is 1.15 bits per heavy atom. The molecule has 4 aromatic heterocycles. The van der Waals surface area contributed by atoms with Crippen LogP contribution in [-0.4, -0.2) is 54.3 Å². The third kappa shape index (κ3) is 3.96. The second kappa shape index (κ2) is 9.23. The van der Waals surface area contributed by atoms with Crippen molar-refractivity contribution in [2.24, 2.45) is 0 Å². The van der Waals surface area contributed by atoms with Gasteiger partial charge in [0.2, 0.25) is 0 Å². The Bertz CT molecular complexity index is 1300. The minimum Gasteiger partial charge on any atom is -0.303 e. The first-order chi connectivity index (χ1) is 16.4. The van der Waals surface area contributed by atoms with Crippen molar-refractivity contribution in [1.29, 1.82) is 0 Å². The van der Waals surface area contributed by atoms with Crippen molar-refractivity contribution in [2.75, 3.05) is 19.6 Å². The number of aromatic nitrogens is 6. The lowest BCUT2D eigenvalue weighted by Gasteiger charge is -2.31. The Kier molecular flexibility index (Phi) is 6.29. The number of rotatable bonds is 6. The molecule has 1 N–H and O–H groups in total. The van der Waals surface area contributed by atoms with Crippen LogP contribution >= 0.6 is 11.3 Å². The zero-order valence-corrected chi connectivity index (χ0v) is 22.0. The largest absolute Gasteiger partial charge is 0.303 e. The second-order valence-corrected chi connectivity index (χ2v) is 11.0. The van der Waals surface area contributed by atoms with Crippen LogP contribution in [0.15, 0.2) is 12.5 Å². The van der Waals surface area contributed by atoms with Gasteiger partial charge in [-0.1, -0.05) is 20.8 Å². The van der Waals surface area contributed by atoms with Crippen LogP contribution in [0.5, 0.6) is 0 Å². The molecule has 180 valence electrons. The standard InChI is InChI=1S/C26H35N7S/c1-7-10-32-11-8-19(9-12-32)24-18(6)29-26(34-24)23-21(15(2)3)22(30-31-23)20-13-33-25(27-14-28-33)17(5)16(20)4/h13-15,19H,7-12H2,1-6H3,(H,30,31). The summed E-state index contributed by atoms with van der Waals surface area (Å²) in [6.07, 6.45) is 7.35. The number of pyridine rings is 1. The molecule has 0 saturated carbocycles. The molecule has 0 aliphatic carbocycles. The predicted molar refractivity (Wildman–Crippen MR) is 139 cm³/mol. The van der Waals surface area contributed by atoms with Crippen LogP contribution in [0.1, 0.15) is 79.1 Å². The molecular formula is C26H35N7S. The van der Waals surface area contributed by atoms with Gasteiger partial charge in [-0.3, -0.25) is 5.10 Å². The molecular weight excluding hydrogens is 442 g/mol. The topological polar surface area (TPSA) is 75.0 Å². The molecule has 5 heterocycles. The summed E-state index contributed by atoms with van der Waals surface area (Å²) in [5, 5.41) is 13.6. The van der Waals surface area contributed by atoms with Gasteiger partial charge in [0.1, 0.15) is 11.3 Å². The molecule has 0 atom stereocenters. The highest BCUT2D eigenvalue weighted by Crippen LogP contribution is 2.42. The minimum atomic E-state index is 0.305. The van der Waals surface area contributed by atoms with E-state index in [9.17, 15) is 0 Å². The molecule has 0 unspecified atom stereocenters. The van der Waals surface area contributed by atoms with Gasteiger partial charge in [0.05, 0.1) is 17.1 Å². The second-order valence-electron chi connectivity index (χ2n) is 9.92. The van der Waals surface area contributed by atoms with Crippen molar-refractivity contribution in [3.8, 4) is 22.0 Å². The zero-order chi connectivity index (χ0) is 24.0. The molecule has 5 rings (SSSR count). The van der Waals surface area contributed by atoms with E-state index in [1.54, 1.807) is 6.33 Å². The van der Waals surface area contributed by atoms with Crippen molar-refractivity contribution in [2.45, 2.75) is 72.6 Å². The maximum Gasteiger partial charge on any atom is 0.158 e. The number of piperidine rings is 1. The Labute approximate surface area is 205 Å². The lowest BCUT2D eigenvalue weighted by Crippen LogP contribution is -2.33. The summed E-state index contributed by atoms with van der Waals surface area (Å²) >= 11 is 1.86. The van der Waals surface area contributed by atoms with Gasteiger partial charge in [-0.05, 0) is 82.6 Å². The van der Waals surface area contributed by atoms with Gasteiger partial charge in [0.25, 0.3) is 0 Å². The lowest BCUT2D eigenvalue weighted by atomic mass is 9.94. The van der Waals surface area contributed by atoms with Crippen LogP contribution < -0.4 is 0 Å². The van der Waals surface area contributed by atoms with E-state index in [-0.39, 0.29) is 0 Å². The number of hydrogen-bond acceptors (Lipinski definition) is 6. The van der Waals surface area contributed by atoms with Gasteiger partial charge in [0.15, 0.2) is 5.65 Å². The van der Waals surface area contributed by atoms with E-state index in [1.165, 1.54) is 60.6 Å². The Morgan fingerprint density at radius 2 is 1.91 bits per heavy atom. The molecule has 7 nitrogen and oxygen atoms in total. The van der Waals surface area contributed by atoms with Crippen LogP contribution in [0.4, 0.5) is 0 Å². The maximum atomic E-state index is 5.05. The van der Waals surface area contributed by atoms with E-state index in [2.05, 4.69) is 67.8 Å². The van der Waals surface area contributed by atoms with Crippen LogP contribution in [0, 0.1) is 20.8 Å². The van der Waals surface area contributed by atoms with E-state index >= 15 is 0 Å². The number of aromatic amines is 1. The first-order valence-electron chi connectivity index (χ1n) is 12.5. The molecule has 0 amide bonds. The number of fused-ring (bicyclic) bond motifs is 1. The van der Waals surface area contributed by atoms with E-state index in [4.69, 9.17) is 10.1 Å². The molecule has 4 aromatic rings. The summed E-state index contributed by atoms with van der Waals surface area (Å²) in [5.74, 6) is 0.920. The van der Waals surface area contributed by atoms with Gasteiger partial charge in [-0.15, -0.1) is 11.3 Å². The first kappa shape index (κ1) is 23.2. The van der Waals surface area contributed by atoms with Crippen LogP contribution in [0.25, 0.3) is 27.6 Å². The summed E-state index contributed by atoms with van der Waals surface area (Å²) in [6, 6.07) is 0. The summed E-state index contributed by atoms with van der Waals surface area (Å²) in [6.45, 7) is 16.8. The van der Waals surface area contributed by atoms with Gasteiger partial charge < -0.3 is 4.90 Å². The van der Waals surface area contributed by atoms with Crippen molar-refractivity contribution < 1.29 is 0 Å². The molecule has 1 aliphatic heterocycles. The zero-order valence-electron chi connectivity index (χ0n) is 21.1. The average Bonchev–Trinajstić information content (AvgIpc) is 3.55. The Balaban J connectivity index is 1.52. The van der Waals surface area contributed by atoms with Crippen molar-refractivity contribution in [3.05, 3.63) is 39.8 Å². The predicted octanol–water partition coefficient (Wildman–Crippen LogP) is 5.88. The summed E-state index contributed by atoms with van der Waals surface area (Å²) in [5.41, 5.74) is 8.77. The number of hydrogen-bond donors (Lipinski definition) is 1. The van der Waals surface area contributed by atoms with Gasteiger partial charge >= 0.3 is 0 Å². The van der Waals surface area contributed by atoms with Gasteiger partial charge in [0, 0.05) is 22.2 Å². The van der Waals surface area contributed by atoms with Gasteiger partial charge in [-0.25, -0.2) is 14.5 Å². The number of nitrogens with one attached hydrogen (secondary N) is 1. The molecule has 1 aliphatic rings. The normalized spacial score (nSPS) is 15.7. The molecule has 0 bridgehead atoms. The molecule has 1 saturated heterocycles. The highest BCUT2D eigenvalue weighted by Gasteiger charge is 2.27. The maximum absolute atomic E-state index is 5.05. The smallest absolute Gasteiger partial charge is 0.158 e. The van der Waals surface area contributed by atoms with Crippen LogP contribution in [0.3, 0.4) is 0 Å². The monoisotopic (exact) mass is 477 g/mol.